The molecule has 1 aliphatic carbocycles. The normalized spacial score (nSPS) is 15.6. The third-order valence-electron chi connectivity index (χ3n) is 5.19. The number of hydrogen-bond donors (Lipinski definition) is 1. The number of benzene rings is 1. The van der Waals surface area contributed by atoms with Gasteiger partial charge in [-0.05, 0) is 36.4 Å². The van der Waals surface area contributed by atoms with E-state index in [-0.39, 0.29) is 5.82 Å². The molecule has 0 saturated heterocycles. The van der Waals surface area contributed by atoms with Gasteiger partial charge in [-0.2, -0.15) is 0 Å². The third-order valence-corrected chi connectivity index (χ3v) is 6.05. The zero-order valence-electron chi connectivity index (χ0n) is 16.1. The lowest BCUT2D eigenvalue weighted by Crippen LogP contribution is -2.56. The van der Waals surface area contributed by atoms with Gasteiger partial charge in [0.2, 0.25) is 5.82 Å². The summed E-state index contributed by atoms with van der Waals surface area (Å²) in [6, 6.07) is 13.4. The number of carbonyl (C=O) groups is 2. The van der Waals surface area contributed by atoms with Crippen LogP contribution < -0.4 is 5.32 Å². The lowest BCUT2D eigenvalue weighted by atomic mass is 9.81. The van der Waals surface area contributed by atoms with Crippen LogP contribution in [0.3, 0.4) is 0 Å². The molecule has 1 aromatic carbocycles. The van der Waals surface area contributed by atoms with Crippen LogP contribution in [-0.4, -0.2) is 39.3 Å². The van der Waals surface area contributed by atoms with E-state index in [0.29, 0.717) is 18.7 Å². The van der Waals surface area contributed by atoms with Crippen LogP contribution in [0.2, 0.25) is 0 Å². The summed E-state index contributed by atoms with van der Waals surface area (Å²) in [4.78, 5) is 30.9. The number of hydrogen-bond acceptors (Lipinski definition) is 6. The Labute approximate surface area is 172 Å². The number of thiophene rings is 1. The first-order valence-electron chi connectivity index (χ1n) is 9.60. The van der Waals surface area contributed by atoms with E-state index in [0.717, 1.165) is 29.8 Å². The Kier molecular flexibility index (Phi) is 5.44. The molecule has 1 amide bonds. The fraction of sp³-hybridized carbons (Fsp3) is 0.333. The van der Waals surface area contributed by atoms with E-state index < -0.39 is 17.4 Å². The molecule has 1 aliphatic rings. The second kappa shape index (κ2) is 8.16. The average Bonchev–Trinajstić information content (AvgIpc) is 3.44. The Hall–Kier alpha value is -3.00. The second-order valence-corrected chi connectivity index (χ2v) is 8.02. The van der Waals surface area contributed by atoms with E-state index in [4.69, 9.17) is 4.74 Å². The van der Waals surface area contributed by atoms with Gasteiger partial charge in [-0.15, -0.1) is 16.4 Å². The molecule has 3 aromatic rings. The summed E-state index contributed by atoms with van der Waals surface area (Å²) >= 11 is 1.52. The zero-order chi connectivity index (χ0) is 20.3. The molecular weight excluding hydrogens is 388 g/mol. The highest BCUT2D eigenvalue weighted by molar-refractivity contribution is 7.13. The van der Waals surface area contributed by atoms with Gasteiger partial charge in [-0.1, -0.05) is 43.5 Å². The quantitative estimate of drug-likeness (QED) is 0.650. The number of methoxy groups -OCH3 is 1. The van der Waals surface area contributed by atoms with Crippen LogP contribution in [0.1, 0.15) is 42.7 Å². The highest BCUT2D eigenvalue weighted by atomic mass is 32.1. The van der Waals surface area contributed by atoms with E-state index in [1.165, 1.54) is 18.4 Å². The van der Waals surface area contributed by atoms with Crippen LogP contribution in [0.4, 0.5) is 0 Å². The van der Waals surface area contributed by atoms with Crippen molar-refractivity contribution in [3.63, 3.8) is 0 Å². The number of amides is 1. The predicted molar refractivity (Wildman–Crippen MR) is 110 cm³/mol. The van der Waals surface area contributed by atoms with Crippen molar-refractivity contribution >= 4 is 23.2 Å². The first-order valence-corrected chi connectivity index (χ1v) is 10.5. The Bertz CT molecular complexity index is 992. The fourth-order valence-corrected chi connectivity index (χ4v) is 4.43. The summed E-state index contributed by atoms with van der Waals surface area (Å²) in [6.45, 7) is 0. The number of carbonyl (C=O) groups excluding carboxylic acids is 2. The van der Waals surface area contributed by atoms with Crippen molar-refractivity contribution in [1.29, 1.82) is 0 Å². The maximum atomic E-state index is 13.1. The minimum atomic E-state index is -1.01. The molecule has 1 N–H and O–H groups in total. The Morgan fingerprint density at radius 2 is 1.86 bits per heavy atom. The van der Waals surface area contributed by atoms with Crippen molar-refractivity contribution in [3.05, 3.63) is 53.7 Å². The molecule has 2 heterocycles. The molecular formula is C21H22N4O3S. The lowest BCUT2D eigenvalue weighted by Gasteiger charge is -2.34. The molecule has 0 radical (unpaired) electrons. The molecule has 7 nitrogen and oxygen atoms in total. The number of esters is 1. The van der Waals surface area contributed by atoms with E-state index in [1.54, 1.807) is 4.68 Å². The highest BCUT2D eigenvalue weighted by Crippen LogP contribution is 2.30. The largest absolute Gasteiger partial charge is 0.467 e. The molecule has 0 spiro atoms. The number of aromatic nitrogens is 3. The standard InChI is InChI=1S/C21H22N4O3S/c1-28-20(27)21(12-6-3-7-13-21)23-19(26)17-22-18(16-11-8-14-29-16)25(24-17)15-9-4-2-5-10-15/h2,4-5,8-11,14H,3,6-7,12-13H2,1H3,(H,23,26). The van der Waals surface area contributed by atoms with Gasteiger partial charge >= 0.3 is 5.97 Å². The van der Waals surface area contributed by atoms with Crippen molar-refractivity contribution in [2.45, 2.75) is 37.6 Å². The summed E-state index contributed by atoms with van der Waals surface area (Å²) in [5, 5.41) is 9.31. The molecule has 0 aliphatic heterocycles. The van der Waals surface area contributed by atoms with Crippen LogP contribution in [-0.2, 0) is 9.53 Å². The zero-order valence-corrected chi connectivity index (χ0v) is 16.9. The van der Waals surface area contributed by atoms with Crippen LogP contribution in [0.15, 0.2) is 47.8 Å². The van der Waals surface area contributed by atoms with Gasteiger partial charge < -0.3 is 10.1 Å². The average molecular weight is 410 g/mol. The molecule has 8 heteroatoms. The number of para-hydroxylation sites is 1. The fourth-order valence-electron chi connectivity index (χ4n) is 3.73. The van der Waals surface area contributed by atoms with Gasteiger partial charge in [0, 0.05) is 0 Å². The maximum Gasteiger partial charge on any atom is 0.331 e. The smallest absolute Gasteiger partial charge is 0.331 e. The van der Waals surface area contributed by atoms with Gasteiger partial charge in [-0.25, -0.2) is 14.5 Å². The van der Waals surface area contributed by atoms with Crippen molar-refractivity contribution < 1.29 is 14.3 Å². The van der Waals surface area contributed by atoms with E-state index >= 15 is 0 Å². The SMILES string of the molecule is COC(=O)C1(NC(=O)c2nc(-c3cccs3)n(-c3ccccc3)n2)CCCCC1. The van der Waals surface area contributed by atoms with Gasteiger partial charge in [0.1, 0.15) is 5.54 Å². The van der Waals surface area contributed by atoms with Gasteiger partial charge in [0.25, 0.3) is 5.91 Å². The number of nitrogens with zero attached hydrogens (tertiary/aromatic N) is 3. The number of nitrogens with one attached hydrogen (secondary N) is 1. The van der Waals surface area contributed by atoms with Crippen LogP contribution in [0.5, 0.6) is 0 Å². The van der Waals surface area contributed by atoms with E-state index in [9.17, 15) is 9.59 Å². The summed E-state index contributed by atoms with van der Waals surface area (Å²) in [7, 11) is 1.35. The van der Waals surface area contributed by atoms with E-state index in [1.807, 2.05) is 47.8 Å². The van der Waals surface area contributed by atoms with Crippen LogP contribution in [0.25, 0.3) is 16.4 Å². The summed E-state index contributed by atoms with van der Waals surface area (Å²) < 4.78 is 6.65. The number of ether oxygens (including phenoxy) is 1. The van der Waals surface area contributed by atoms with Gasteiger partial charge in [-0.3, -0.25) is 4.79 Å². The molecule has 4 rings (SSSR count). The Morgan fingerprint density at radius 3 is 2.52 bits per heavy atom. The molecule has 2 aromatic heterocycles. The maximum absolute atomic E-state index is 13.1. The monoisotopic (exact) mass is 410 g/mol. The first kappa shape index (κ1) is 19.3. The molecule has 0 bridgehead atoms. The Balaban J connectivity index is 1.69. The van der Waals surface area contributed by atoms with Crippen LogP contribution in [0, 0.1) is 0 Å². The number of rotatable bonds is 5. The van der Waals surface area contributed by atoms with Crippen molar-refractivity contribution in [2.75, 3.05) is 7.11 Å². The lowest BCUT2D eigenvalue weighted by molar-refractivity contribution is -0.149. The molecule has 29 heavy (non-hydrogen) atoms. The minimum Gasteiger partial charge on any atom is -0.467 e. The first-order chi connectivity index (χ1) is 14.1. The minimum absolute atomic E-state index is 0.0334. The van der Waals surface area contributed by atoms with Gasteiger partial charge in [0.05, 0.1) is 17.7 Å². The molecule has 0 unspecified atom stereocenters. The summed E-state index contributed by atoms with van der Waals surface area (Å²) in [6.07, 6.45) is 3.88. The van der Waals surface area contributed by atoms with Crippen molar-refractivity contribution in [1.82, 2.24) is 20.1 Å². The van der Waals surface area contributed by atoms with Crippen molar-refractivity contribution in [2.24, 2.45) is 0 Å². The molecule has 150 valence electrons. The van der Waals surface area contributed by atoms with Crippen molar-refractivity contribution in [3.8, 4) is 16.4 Å². The van der Waals surface area contributed by atoms with Gasteiger partial charge in [0.15, 0.2) is 5.82 Å². The second-order valence-electron chi connectivity index (χ2n) is 7.07. The molecule has 1 saturated carbocycles. The van der Waals surface area contributed by atoms with E-state index in [2.05, 4.69) is 15.4 Å². The summed E-state index contributed by atoms with van der Waals surface area (Å²) in [5.74, 6) is -0.255. The molecule has 1 fully saturated rings. The summed E-state index contributed by atoms with van der Waals surface area (Å²) in [5.41, 5.74) is -0.200. The third kappa shape index (κ3) is 3.80. The van der Waals surface area contributed by atoms with Crippen LogP contribution >= 0.6 is 11.3 Å². The highest BCUT2D eigenvalue weighted by Gasteiger charge is 2.42. The Morgan fingerprint density at radius 1 is 1.10 bits per heavy atom. The topological polar surface area (TPSA) is 86.1 Å². The predicted octanol–water partition coefficient (Wildman–Crippen LogP) is 3.60. The molecule has 0 atom stereocenters.